The smallest absolute Gasteiger partial charge is 0.260 e. The van der Waals surface area contributed by atoms with E-state index in [1.54, 1.807) is 50.2 Å². The van der Waals surface area contributed by atoms with Crippen molar-refractivity contribution < 1.29 is 18.3 Å². The van der Waals surface area contributed by atoms with Crippen LogP contribution in [-0.4, -0.2) is 37.9 Å². The van der Waals surface area contributed by atoms with Crippen LogP contribution in [0.4, 0.5) is 5.69 Å². The summed E-state index contributed by atoms with van der Waals surface area (Å²) in [6.07, 6.45) is 1.01. The molecule has 0 heterocycles. The van der Waals surface area contributed by atoms with Gasteiger partial charge < -0.3 is 5.11 Å². The van der Waals surface area contributed by atoms with Crippen molar-refractivity contribution in [3.63, 3.8) is 0 Å². The Kier molecular flexibility index (Phi) is 6.45. The highest BCUT2D eigenvalue weighted by Gasteiger charge is 2.23. The lowest BCUT2D eigenvalue weighted by Gasteiger charge is -2.23. The number of carbonyl (C=O) groups excluding carboxylic acids is 1. The molecule has 0 atom stereocenters. The first-order valence-electron chi connectivity index (χ1n) is 7.95. The summed E-state index contributed by atoms with van der Waals surface area (Å²) in [4.78, 5) is 12.3. The highest BCUT2D eigenvalue weighted by atomic mass is 35.5. The molecule has 2 aromatic carbocycles. The normalized spacial score (nSPS) is 11.9. The van der Waals surface area contributed by atoms with Gasteiger partial charge in [-0.05, 0) is 43.7 Å². The Morgan fingerprint density at radius 2 is 1.89 bits per heavy atom. The van der Waals surface area contributed by atoms with Crippen molar-refractivity contribution >= 4 is 38.9 Å². The van der Waals surface area contributed by atoms with Gasteiger partial charge in [0.25, 0.3) is 5.91 Å². The fraction of sp³-hybridized carbons (Fsp3) is 0.222. The molecule has 0 unspecified atom stereocenters. The number of halogens is 1. The van der Waals surface area contributed by atoms with Crippen LogP contribution in [0.5, 0.6) is 5.75 Å². The molecule has 27 heavy (non-hydrogen) atoms. The van der Waals surface area contributed by atoms with Gasteiger partial charge in [-0.15, -0.1) is 0 Å². The molecule has 0 spiro atoms. The lowest BCUT2D eigenvalue weighted by molar-refractivity contribution is -0.119. The summed E-state index contributed by atoms with van der Waals surface area (Å²) in [5, 5.41) is 14.1. The molecule has 0 radical (unpaired) electrons. The van der Waals surface area contributed by atoms with Gasteiger partial charge in [0.15, 0.2) is 0 Å². The summed E-state index contributed by atoms with van der Waals surface area (Å²) >= 11 is 6.06. The summed E-state index contributed by atoms with van der Waals surface area (Å²) in [6, 6.07) is 11.4. The maximum absolute atomic E-state index is 12.3. The summed E-state index contributed by atoms with van der Waals surface area (Å²) < 4.78 is 25.3. The van der Waals surface area contributed by atoms with Crippen LogP contribution in [0.25, 0.3) is 0 Å². The van der Waals surface area contributed by atoms with Crippen molar-refractivity contribution in [2.75, 3.05) is 17.1 Å². The molecular weight excluding hydrogens is 390 g/mol. The van der Waals surface area contributed by atoms with Crippen molar-refractivity contribution in [3.8, 4) is 5.75 Å². The molecule has 2 aromatic rings. The van der Waals surface area contributed by atoms with Gasteiger partial charge in [-0.1, -0.05) is 29.8 Å². The Hall–Kier alpha value is -2.58. The average Bonchev–Trinajstić information content (AvgIpc) is 2.60. The molecule has 7 nitrogen and oxygen atoms in total. The topological polar surface area (TPSA) is 99.1 Å². The van der Waals surface area contributed by atoms with E-state index in [-0.39, 0.29) is 5.75 Å². The molecule has 0 saturated heterocycles. The van der Waals surface area contributed by atoms with E-state index >= 15 is 0 Å². The fourth-order valence-electron chi connectivity index (χ4n) is 2.40. The maximum atomic E-state index is 12.3. The van der Waals surface area contributed by atoms with Crippen LogP contribution in [0.15, 0.2) is 47.6 Å². The van der Waals surface area contributed by atoms with Gasteiger partial charge in [0.1, 0.15) is 12.3 Å². The van der Waals surface area contributed by atoms with Crippen LogP contribution in [-0.2, 0) is 14.8 Å². The van der Waals surface area contributed by atoms with Crippen molar-refractivity contribution in [3.05, 3.63) is 58.6 Å². The largest absolute Gasteiger partial charge is 0.507 e. The molecule has 0 bridgehead atoms. The number of para-hydroxylation sites is 1. The number of anilines is 1. The van der Waals surface area contributed by atoms with Gasteiger partial charge in [0.2, 0.25) is 10.0 Å². The second-order valence-corrected chi connectivity index (χ2v) is 8.22. The van der Waals surface area contributed by atoms with E-state index in [4.69, 9.17) is 11.6 Å². The predicted molar refractivity (Wildman–Crippen MR) is 107 cm³/mol. The van der Waals surface area contributed by atoms with Gasteiger partial charge in [-0.2, -0.15) is 5.10 Å². The fourth-order valence-corrected chi connectivity index (χ4v) is 3.48. The van der Waals surface area contributed by atoms with Crippen LogP contribution >= 0.6 is 11.6 Å². The number of hydrogen-bond acceptors (Lipinski definition) is 5. The first-order valence-corrected chi connectivity index (χ1v) is 10.2. The van der Waals surface area contributed by atoms with Gasteiger partial charge >= 0.3 is 0 Å². The Morgan fingerprint density at radius 1 is 1.22 bits per heavy atom. The molecule has 0 aromatic heterocycles. The summed E-state index contributed by atoms with van der Waals surface area (Å²) in [5.74, 6) is -0.602. The number of phenolic OH excluding ortho intramolecular Hbond substituents is 1. The Labute approximate surface area is 163 Å². The second kappa shape index (κ2) is 8.41. The standard InChI is InChI=1S/C18H20ClN3O4S/c1-12-15(19)8-6-9-16(12)22(27(3,25)26)11-18(24)21-20-13(2)14-7-4-5-10-17(14)23/h4-10,23H,11H2,1-3H3,(H,21,24)/b20-13-. The Morgan fingerprint density at radius 3 is 2.52 bits per heavy atom. The SMILES string of the molecule is C/C(=N/NC(=O)CN(c1cccc(Cl)c1C)S(C)(=O)=O)c1ccccc1O. The summed E-state index contributed by atoms with van der Waals surface area (Å²) in [6.45, 7) is 2.83. The third kappa shape index (κ3) is 5.21. The molecule has 9 heteroatoms. The summed E-state index contributed by atoms with van der Waals surface area (Å²) in [7, 11) is -3.72. The van der Waals surface area contributed by atoms with Gasteiger partial charge in [-0.3, -0.25) is 9.10 Å². The number of sulfonamides is 1. The minimum absolute atomic E-state index is 0.0281. The second-order valence-electron chi connectivity index (χ2n) is 5.90. The van der Waals surface area contributed by atoms with Gasteiger partial charge in [0.05, 0.1) is 17.7 Å². The van der Waals surface area contributed by atoms with Crippen LogP contribution in [0.2, 0.25) is 5.02 Å². The minimum atomic E-state index is -3.72. The maximum Gasteiger partial charge on any atom is 0.260 e. The third-order valence-corrected chi connectivity index (χ3v) is 5.37. The number of hydrogen-bond donors (Lipinski definition) is 2. The lowest BCUT2D eigenvalue weighted by atomic mass is 10.1. The van der Waals surface area contributed by atoms with Crippen LogP contribution in [0.1, 0.15) is 18.1 Å². The molecule has 2 N–H and O–H groups in total. The summed E-state index contributed by atoms with van der Waals surface area (Å²) in [5.41, 5.74) is 4.02. The molecule has 0 aliphatic heterocycles. The zero-order valence-electron chi connectivity index (χ0n) is 15.1. The monoisotopic (exact) mass is 409 g/mol. The first kappa shape index (κ1) is 20.7. The van der Waals surface area contributed by atoms with E-state index in [0.29, 0.717) is 27.5 Å². The number of nitrogens with one attached hydrogen (secondary N) is 1. The Balaban J connectivity index is 2.21. The van der Waals surface area contributed by atoms with Crippen molar-refractivity contribution in [1.29, 1.82) is 0 Å². The number of rotatable bonds is 6. The van der Waals surface area contributed by atoms with Gasteiger partial charge in [-0.25, -0.2) is 13.8 Å². The molecular formula is C18H20ClN3O4S. The number of phenols is 1. The van der Waals surface area contributed by atoms with Crippen LogP contribution < -0.4 is 9.73 Å². The van der Waals surface area contributed by atoms with Crippen LogP contribution in [0.3, 0.4) is 0 Å². The zero-order chi connectivity index (χ0) is 20.2. The van der Waals surface area contributed by atoms with E-state index in [9.17, 15) is 18.3 Å². The molecule has 1 amide bonds. The average molecular weight is 410 g/mol. The number of benzene rings is 2. The number of amides is 1. The zero-order valence-corrected chi connectivity index (χ0v) is 16.7. The minimum Gasteiger partial charge on any atom is -0.507 e. The highest BCUT2D eigenvalue weighted by molar-refractivity contribution is 7.92. The molecule has 0 saturated carbocycles. The first-order chi connectivity index (χ1) is 12.6. The molecule has 0 aliphatic carbocycles. The third-order valence-electron chi connectivity index (χ3n) is 3.84. The lowest BCUT2D eigenvalue weighted by Crippen LogP contribution is -2.39. The quantitative estimate of drug-likeness (QED) is 0.566. The van der Waals surface area contributed by atoms with Gasteiger partial charge in [0, 0.05) is 10.6 Å². The number of nitrogens with zero attached hydrogens (tertiary/aromatic N) is 2. The number of carbonyl (C=O) groups is 1. The van der Waals surface area contributed by atoms with E-state index in [1.165, 1.54) is 6.07 Å². The Bertz CT molecular complexity index is 990. The van der Waals surface area contributed by atoms with Crippen LogP contribution in [0, 0.1) is 6.92 Å². The number of aromatic hydroxyl groups is 1. The molecule has 2 rings (SSSR count). The van der Waals surface area contributed by atoms with E-state index < -0.39 is 22.5 Å². The van der Waals surface area contributed by atoms with E-state index in [1.807, 2.05) is 0 Å². The van der Waals surface area contributed by atoms with Crippen molar-refractivity contribution in [2.24, 2.45) is 5.10 Å². The molecule has 0 aliphatic rings. The van der Waals surface area contributed by atoms with E-state index in [2.05, 4.69) is 10.5 Å². The predicted octanol–water partition coefficient (Wildman–Crippen LogP) is 2.66. The number of hydrazone groups is 1. The molecule has 144 valence electrons. The van der Waals surface area contributed by atoms with Crippen molar-refractivity contribution in [2.45, 2.75) is 13.8 Å². The molecule has 0 fully saturated rings. The van der Waals surface area contributed by atoms with E-state index in [0.717, 1.165) is 10.6 Å². The highest BCUT2D eigenvalue weighted by Crippen LogP contribution is 2.28. The van der Waals surface area contributed by atoms with Crippen molar-refractivity contribution in [1.82, 2.24) is 5.43 Å².